The lowest BCUT2D eigenvalue weighted by molar-refractivity contribution is -0.138. The Morgan fingerprint density at radius 1 is 1.33 bits per heavy atom. The molecule has 2 rings (SSSR count). The number of carbonyl (C=O) groups is 1. The minimum absolute atomic E-state index is 0.0221. The summed E-state index contributed by atoms with van der Waals surface area (Å²) in [4.78, 5) is 23.6. The van der Waals surface area contributed by atoms with E-state index in [1.807, 2.05) is 30.3 Å². The zero-order chi connectivity index (χ0) is 15.8. The Bertz CT molecular complexity index is 645. The highest BCUT2D eigenvalue weighted by molar-refractivity contribution is 5.73. The molecule has 1 aromatic carbocycles. The lowest BCUT2D eigenvalue weighted by Gasteiger charge is -2.04. The average molecular weight is 294 g/mol. The number of carboxylic acids is 1. The number of nitrogen functional groups attached to an aromatic ring is 1. The number of nitrogens with zero attached hydrogens (tertiary/aromatic N) is 2. The van der Waals surface area contributed by atoms with Crippen molar-refractivity contribution in [3.8, 4) is 0 Å². The van der Waals surface area contributed by atoms with Crippen LogP contribution in [0.2, 0.25) is 0 Å². The molecular weight excluding hydrogens is 279 g/mol. The Labute approximate surface area is 119 Å². The molecular formula is C13H15FN4O3. The van der Waals surface area contributed by atoms with Crippen molar-refractivity contribution in [1.82, 2.24) is 9.77 Å². The van der Waals surface area contributed by atoms with Gasteiger partial charge in [0.25, 0.3) is 0 Å². The van der Waals surface area contributed by atoms with Gasteiger partial charge in [0.15, 0.2) is 0 Å². The maximum absolute atomic E-state index is 12.0. The van der Waals surface area contributed by atoms with E-state index < -0.39 is 17.7 Å². The fourth-order valence-corrected chi connectivity index (χ4v) is 1.36. The van der Waals surface area contributed by atoms with Crippen LogP contribution >= 0.6 is 0 Å². The molecule has 0 aliphatic heterocycles. The minimum atomic E-state index is -0.991. The predicted octanol–water partition coefficient (Wildman–Crippen LogP) is 0.199. The van der Waals surface area contributed by atoms with E-state index in [1.54, 1.807) is 0 Å². The molecule has 5 N–H and O–H groups in total. The minimum Gasteiger partial charge on any atom is -0.480 e. The third-order valence-corrected chi connectivity index (χ3v) is 2.40. The molecule has 0 radical (unpaired) electrons. The Kier molecular flexibility index (Phi) is 6.02. The number of rotatable bonds is 3. The summed E-state index contributed by atoms with van der Waals surface area (Å²) in [6.07, 6.45) is 1.29. The van der Waals surface area contributed by atoms with Crippen LogP contribution in [0.3, 0.4) is 0 Å². The van der Waals surface area contributed by atoms with Crippen LogP contribution in [0.1, 0.15) is 5.56 Å². The second-order valence-electron chi connectivity index (χ2n) is 4.08. The number of anilines is 1. The molecule has 1 unspecified atom stereocenters. The highest BCUT2D eigenvalue weighted by Crippen LogP contribution is 2.01. The van der Waals surface area contributed by atoms with Gasteiger partial charge in [0, 0.05) is 6.20 Å². The molecule has 1 atom stereocenters. The zero-order valence-electron chi connectivity index (χ0n) is 11.0. The molecule has 0 amide bonds. The summed E-state index contributed by atoms with van der Waals surface area (Å²) in [5.74, 6) is -0.937. The summed E-state index contributed by atoms with van der Waals surface area (Å²) < 4.78 is 12.0. The van der Waals surface area contributed by atoms with E-state index in [4.69, 9.17) is 16.6 Å². The van der Waals surface area contributed by atoms with E-state index in [0.717, 1.165) is 11.8 Å². The molecule has 0 saturated carbocycles. The molecule has 0 aliphatic rings. The van der Waals surface area contributed by atoms with Gasteiger partial charge in [-0.05, 0) is 18.1 Å². The molecule has 0 spiro atoms. The maximum atomic E-state index is 12.0. The third kappa shape index (κ3) is 5.83. The van der Waals surface area contributed by atoms with E-state index in [9.17, 15) is 14.1 Å². The van der Waals surface area contributed by atoms with Crippen molar-refractivity contribution < 1.29 is 14.4 Å². The Morgan fingerprint density at radius 2 is 1.95 bits per heavy atom. The Balaban J connectivity index is 0.000000219. The summed E-state index contributed by atoms with van der Waals surface area (Å²) in [6, 6.07) is 9.74. The van der Waals surface area contributed by atoms with Crippen LogP contribution in [0.25, 0.3) is 0 Å². The van der Waals surface area contributed by atoms with E-state index in [-0.39, 0.29) is 10.6 Å². The van der Waals surface area contributed by atoms with Gasteiger partial charge in [-0.2, -0.15) is 4.98 Å². The first-order chi connectivity index (χ1) is 9.90. The molecule has 7 nitrogen and oxygen atoms in total. The molecule has 0 saturated heterocycles. The molecule has 21 heavy (non-hydrogen) atoms. The molecule has 2 aromatic rings. The highest BCUT2D eigenvalue weighted by atomic mass is 19.2. The first-order valence-corrected chi connectivity index (χ1v) is 5.94. The zero-order valence-corrected chi connectivity index (χ0v) is 11.0. The lowest BCUT2D eigenvalue weighted by Crippen LogP contribution is -2.32. The summed E-state index contributed by atoms with van der Waals surface area (Å²) in [7, 11) is 0. The fourth-order valence-electron chi connectivity index (χ4n) is 1.36. The van der Waals surface area contributed by atoms with Crippen LogP contribution in [-0.2, 0) is 11.2 Å². The Morgan fingerprint density at radius 3 is 2.43 bits per heavy atom. The van der Waals surface area contributed by atoms with Gasteiger partial charge in [0.05, 0.1) is 0 Å². The molecule has 0 aliphatic carbocycles. The van der Waals surface area contributed by atoms with Gasteiger partial charge in [0.2, 0.25) is 0 Å². The number of hydrogen-bond acceptors (Lipinski definition) is 5. The smallest absolute Gasteiger partial charge is 0.377 e. The van der Waals surface area contributed by atoms with Gasteiger partial charge >= 0.3 is 11.7 Å². The lowest BCUT2D eigenvalue weighted by atomic mass is 10.1. The van der Waals surface area contributed by atoms with Gasteiger partial charge in [-0.1, -0.05) is 34.8 Å². The number of benzene rings is 1. The summed E-state index contributed by atoms with van der Waals surface area (Å²) in [5.41, 5.74) is 10.3. The largest absolute Gasteiger partial charge is 0.480 e. The van der Waals surface area contributed by atoms with Crippen LogP contribution in [0.4, 0.5) is 10.3 Å². The molecule has 0 fully saturated rings. The van der Waals surface area contributed by atoms with Gasteiger partial charge in [-0.3, -0.25) is 4.79 Å². The van der Waals surface area contributed by atoms with Crippen molar-refractivity contribution in [3.05, 3.63) is 58.6 Å². The van der Waals surface area contributed by atoms with E-state index in [1.165, 1.54) is 6.07 Å². The molecule has 112 valence electrons. The monoisotopic (exact) mass is 294 g/mol. The van der Waals surface area contributed by atoms with Crippen molar-refractivity contribution >= 4 is 11.8 Å². The normalized spacial score (nSPS) is 11.1. The van der Waals surface area contributed by atoms with E-state index >= 15 is 0 Å². The van der Waals surface area contributed by atoms with Gasteiger partial charge in [-0.25, -0.2) is 4.79 Å². The van der Waals surface area contributed by atoms with Gasteiger partial charge in [0.1, 0.15) is 11.9 Å². The number of carboxylic acid groups (broad SMARTS) is 1. The maximum Gasteiger partial charge on any atom is 0.377 e. The fraction of sp³-hybridized carbons (Fsp3) is 0.154. The third-order valence-electron chi connectivity index (χ3n) is 2.40. The SMILES string of the molecule is NC(Cc1ccccc1)C(=O)O.Nc1ccn(F)c(=O)n1. The number of aromatic nitrogens is 2. The summed E-state index contributed by atoms with van der Waals surface area (Å²) in [5, 5.41) is 8.52. The quantitative estimate of drug-likeness (QED) is 0.742. The summed E-state index contributed by atoms with van der Waals surface area (Å²) >= 11 is 0. The number of halogens is 1. The van der Waals surface area contributed by atoms with Gasteiger partial charge < -0.3 is 16.6 Å². The van der Waals surface area contributed by atoms with Crippen molar-refractivity contribution in [2.45, 2.75) is 12.5 Å². The topological polar surface area (TPSA) is 124 Å². The highest BCUT2D eigenvalue weighted by Gasteiger charge is 2.10. The molecule has 1 heterocycles. The summed E-state index contributed by atoms with van der Waals surface area (Å²) in [6.45, 7) is 0. The first-order valence-electron chi connectivity index (χ1n) is 5.94. The molecule has 8 heteroatoms. The standard InChI is InChI=1S/C9H11NO2.C4H4FN3O/c10-8(9(11)12)6-7-4-2-1-3-5-7;5-8-2-1-3(6)7-4(8)9/h1-5,8H,6,10H2,(H,11,12);1-2H,(H2,6,7,9). The van der Waals surface area contributed by atoms with Crippen molar-refractivity contribution in [2.24, 2.45) is 5.73 Å². The first kappa shape index (κ1) is 16.3. The second kappa shape index (κ2) is 7.75. The number of hydrogen-bond donors (Lipinski definition) is 3. The van der Waals surface area contributed by atoms with Crippen molar-refractivity contribution in [2.75, 3.05) is 5.73 Å². The average Bonchev–Trinajstić information content (AvgIpc) is 2.45. The van der Waals surface area contributed by atoms with E-state index in [2.05, 4.69) is 4.98 Å². The molecule has 1 aromatic heterocycles. The van der Waals surface area contributed by atoms with E-state index in [0.29, 0.717) is 6.42 Å². The Hall–Kier alpha value is -2.74. The van der Waals surface area contributed by atoms with Crippen molar-refractivity contribution in [3.63, 3.8) is 0 Å². The van der Waals surface area contributed by atoms with Gasteiger partial charge in [-0.15, -0.1) is 4.79 Å². The van der Waals surface area contributed by atoms with Crippen LogP contribution in [-0.4, -0.2) is 26.9 Å². The van der Waals surface area contributed by atoms with Crippen LogP contribution in [0, 0.1) is 0 Å². The second-order valence-corrected chi connectivity index (χ2v) is 4.08. The predicted molar refractivity (Wildman–Crippen MR) is 75.2 cm³/mol. The number of aliphatic carboxylic acids is 1. The van der Waals surface area contributed by atoms with Crippen LogP contribution in [0.15, 0.2) is 47.4 Å². The van der Waals surface area contributed by atoms with Crippen LogP contribution < -0.4 is 17.2 Å². The van der Waals surface area contributed by atoms with Crippen LogP contribution in [0.5, 0.6) is 0 Å². The van der Waals surface area contributed by atoms with Crippen molar-refractivity contribution in [1.29, 1.82) is 0 Å². The number of nitrogens with two attached hydrogens (primary N) is 2. The molecule has 0 bridgehead atoms.